The van der Waals surface area contributed by atoms with Crippen molar-refractivity contribution in [2.75, 3.05) is 13.1 Å². The van der Waals surface area contributed by atoms with Gasteiger partial charge in [0.1, 0.15) is 0 Å². The van der Waals surface area contributed by atoms with E-state index in [0.29, 0.717) is 5.02 Å². The van der Waals surface area contributed by atoms with Gasteiger partial charge in [-0.15, -0.1) is 0 Å². The summed E-state index contributed by atoms with van der Waals surface area (Å²) >= 11 is 11.6. The van der Waals surface area contributed by atoms with Crippen molar-refractivity contribution in [2.24, 2.45) is 0 Å². The van der Waals surface area contributed by atoms with Gasteiger partial charge in [0, 0.05) is 16.6 Å². The maximum Gasteiger partial charge on any atom is 0.401 e. The van der Waals surface area contributed by atoms with Crippen LogP contribution in [0.25, 0.3) is 0 Å². The van der Waals surface area contributed by atoms with Gasteiger partial charge < -0.3 is 0 Å². The van der Waals surface area contributed by atoms with E-state index in [0.717, 1.165) is 4.90 Å². The number of ketones is 1. The molecule has 0 saturated heterocycles. The van der Waals surface area contributed by atoms with Gasteiger partial charge in [-0.1, -0.05) is 23.2 Å². The first kappa shape index (κ1) is 17.3. The molecule has 0 bridgehead atoms. The number of rotatable bonds is 5. The standard InChI is InChI=1S/C13H14Cl2F3NO/c1-8(2)19(7-13(16,17)18)6-12(20)10-4-3-9(14)5-11(10)15/h3-5,8H,6-7H2,1-2H3. The van der Waals surface area contributed by atoms with Crippen LogP contribution in [0.2, 0.25) is 10.0 Å². The summed E-state index contributed by atoms with van der Waals surface area (Å²) in [7, 11) is 0. The van der Waals surface area contributed by atoms with Crippen molar-refractivity contribution in [1.29, 1.82) is 0 Å². The van der Waals surface area contributed by atoms with E-state index in [9.17, 15) is 18.0 Å². The molecule has 0 aliphatic carbocycles. The highest BCUT2D eigenvalue weighted by Gasteiger charge is 2.32. The van der Waals surface area contributed by atoms with E-state index >= 15 is 0 Å². The number of nitrogens with zero attached hydrogens (tertiary/aromatic N) is 1. The Morgan fingerprint density at radius 3 is 2.35 bits per heavy atom. The minimum absolute atomic E-state index is 0.137. The van der Waals surface area contributed by atoms with Gasteiger partial charge in [-0.25, -0.2) is 0 Å². The van der Waals surface area contributed by atoms with Gasteiger partial charge >= 0.3 is 6.18 Å². The zero-order valence-electron chi connectivity index (χ0n) is 11.0. The molecule has 0 radical (unpaired) electrons. The molecule has 0 unspecified atom stereocenters. The number of carbonyl (C=O) groups excluding carboxylic acids is 1. The summed E-state index contributed by atoms with van der Waals surface area (Å²) < 4.78 is 37.4. The molecule has 0 aliphatic heterocycles. The highest BCUT2D eigenvalue weighted by molar-refractivity contribution is 6.36. The number of Topliss-reactive ketones (excluding diaryl/α,β-unsaturated/α-hetero) is 1. The molecule has 7 heteroatoms. The van der Waals surface area contributed by atoms with Crippen molar-refractivity contribution >= 4 is 29.0 Å². The van der Waals surface area contributed by atoms with Crippen molar-refractivity contribution in [3.8, 4) is 0 Å². The molecule has 0 heterocycles. The van der Waals surface area contributed by atoms with Crippen molar-refractivity contribution in [2.45, 2.75) is 26.1 Å². The molecule has 0 spiro atoms. The van der Waals surface area contributed by atoms with Gasteiger partial charge in [-0.2, -0.15) is 13.2 Å². The zero-order valence-corrected chi connectivity index (χ0v) is 12.5. The predicted molar refractivity (Wildman–Crippen MR) is 73.6 cm³/mol. The van der Waals surface area contributed by atoms with Gasteiger partial charge in [0.15, 0.2) is 5.78 Å². The van der Waals surface area contributed by atoms with Crippen LogP contribution < -0.4 is 0 Å². The minimum Gasteiger partial charge on any atom is -0.293 e. The maximum absolute atomic E-state index is 12.5. The Morgan fingerprint density at radius 2 is 1.90 bits per heavy atom. The summed E-state index contributed by atoms with van der Waals surface area (Å²) in [4.78, 5) is 13.1. The van der Waals surface area contributed by atoms with Gasteiger partial charge in [0.25, 0.3) is 0 Å². The second kappa shape index (κ2) is 6.78. The Morgan fingerprint density at radius 1 is 1.30 bits per heavy atom. The smallest absolute Gasteiger partial charge is 0.293 e. The van der Waals surface area contributed by atoms with E-state index in [2.05, 4.69) is 0 Å². The largest absolute Gasteiger partial charge is 0.401 e. The van der Waals surface area contributed by atoms with Crippen LogP contribution in [0.15, 0.2) is 18.2 Å². The van der Waals surface area contributed by atoms with Gasteiger partial charge in [0.2, 0.25) is 0 Å². The molecular formula is C13H14Cl2F3NO. The SMILES string of the molecule is CC(C)N(CC(=O)c1ccc(Cl)cc1Cl)CC(F)(F)F. The average molecular weight is 328 g/mol. The first-order valence-corrected chi connectivity index (χ1v) is 6.65. The lowest BCUT2D eigenvalue weighted by atomic mass is 10.1. The van der Waals surface area contributed by atoms with E-state index in [-0.39, 0.29) is 17.1 Å². The first-order chi connectivity index (χ1) is 9.10. The first-order valence-electron chi connectivity index (χ1n) is 5.89. The fourth-order valence-corrected chi connectivity index (χ4v) is 2.15. The van der Waals surface area contributed by atoms with Crippen LogP contribution in [0.4, 0.5) is 13.2 Å². The Balaban J connectivity index is 2.86. The molecule has 1 aromatic carbocycles. The number of hydrogen-bond donors (Lipinski definition) is 0. The summed E-state index contributed by atoms with van der Waals surface area (Å²) in [5.74, 6) is -0.468. The molecule has 112 valence electrons. The van der Waals surface area contributed by atoms with Crippen LogP contribution in [0.1, 0.15) is 24.2 Å². The summed E-state index contributed by atoms with van der Waals surface area (Å²) in [6, 6.07) is 3.87. The van der Waals surface area contributed by atoms with Crippen LogP contribution in [0.5, 0.6) is 0 Å². The van der Waals surface area contributed by atoms with Crippen LogP contribution >= 0.6 is 23.2 Å². The van der Waals surface area contributed by atoms with Crippen molar-refractivity contribution < 1.29 is 18.0 Å². The quantitative estimate of drug-likeness (QED) is 0.745. The van der Waals surface area contributed by atoms with Gasteiger partial charge in [0.05, 0.1) is 18.1 Å². The van der Waals surface area contributed by atoms with Gasteiger partial charge in [-0.3, -0.25) is 9.69 Å². The summed E-state index contributed by atoms with van der Waals surface area (Å²) in [5, 5.41) is 0.501. The van der Waals surface area contributed by atoms with Gasteiger partial charge in [-0.05, 0) is 32.0 Å². The molecule has 0 fully saturated rings. The highest BCUT2D eigenvalue weighted by Crippen LogP contribution is 2.23. The van der Waals surface area contributed by atoms with Crippen LogP contribution in [0.3, 0.4) is 0 Å². The topological polar surface area (TPSA) is 20.3 Å². The molecule has 1 aromatic rings. The Hall–Kier alpha value is -0.780. The van der Waals surface area contributed by atoms with Crippen molar-refractivity contribution in [1.82, 2.24) is 4.90 Å². The molecule has 0 N–H and O–H groups in total. The third-order valence-corrected chi connectivity index (χ3v) is 3.24. The molecular weight excluding hydrogens is 314 g/mol. The lowest BCUT2D eigenvalue weighted by Gasteiger charge is -2.26. The van der Waals surface area contributed by atoms with Crippen molar-refractivity contribution in [3.63, 3.8) is 0 Å². The minimum atomic E-state index is -4.35. The summed E-state index contributed by atoms with van der Waals surface area (Å²) in [5.41, 5.74) is 0.170. The third kappa shape index (κ3) is 5.31. The number of hydrogen-bond acceptors (Lipinski definition) is 2. The number of carbonyl (C=O) groups is 1. The second-order valence-corrected chi connectivity index (χ2v) is 5.50. The van der Waals surface area contributed by atoms with E-state index < -0.39 is 24.5 Å². The number of alkyl halides is 3. The number of halogens is 5. The average Bonchev–Trinajstić information content (AvgIpc) is 2.25. The lowest BCUT2D eigenvalue weighted by Crippen LogP contribution is -2.42. The van der Waals surface area contributed by atoms with Crippen molar-refractivity contribution in [3.05, 3.63) is 33.8 Å². The molecule has 0 aromatic heterocycles. The molecule has 0 amide bonds. The molecule has 20 heavy (non-hydrogen) atoms. The van der Waals surface area contributed by atoms with E-state index in [1.165, 1.54) is 18.2 Å². The summed E-state index contributed by atoms with van der Waals surface area (Å²) in [6.07, 6.45) is -4.35. The third-order valence-electron chi connectivity index (χ3n) is 2.69. The van der Waals surface area contributed by atoms with E-state index in [4.69, 9.17) is 23.2 Å². The molecule has 0 atom stereocenters. The predicted octanol–water partition coefficient (Wildman–Crippen LogP) is 4.45. The number of benzene rings is 1. The molecule has 2 nitrogen and oxygen atoms in total. The Kier molecular flexibility index (Phi) is 5.86. The van der Waals surface area contributed by atoms with E-state index in [1.807, 2.05) is 0 Å². The van der Waals surface area contributed by atoms with Crippen LogP contribution in [0, 0.1) is 0 Å². The molecule has 0 aliphatic rings. The monoisotopic (exact) mass is 327 g/mol. The fourth-order valence-electron chi connectivity index (χ4n) is 1.64. The highest BCUT2D eigenvalue weighted by atomic mass is 35.5. The fraction of sp³-hybridized carbons (Fsp3) is 0.462. The second-order valence-electron chi connectivity index (χ2n) is 4.66. The van der Waals surface area contributed by atoms with E-state index in [1.54, 1.807) is 13.8 Å². The zero-order chi connectivity index (χ0) is 15.5. The Bertz CT molecular complexity index is 489. The summed E-state index contributed by atoms with van der Waals surface area (Å²) in [6.45, 7) is 1.71. The van der Waals surface area contributed by atoms with Crippen LogP contribution in [-0.2, 0) is 0 Å². The molecule has 0 saturated carbocycles. The maximum atomic E-state index is 12.5. The lowest BCUT2D eigenvalue weighted by molar-refractivity contribution is -0.148. The Labute approximate surface area is 125 Å². The normalized spacial score (nSPS) is 12.2. The van der Waals surface area contributed by atoms with Crippen LogP contribution in [-0.4, -0.2) is 36.0 Å². The molecule has 1 rings (SSSR count).